The number of aliphatic hydroxyl groups excluding tert-OH is 1. The zero-order chi connectivity index (χ0) is 22.8. The number of benzene rings is 1. The highest BCUT2D eigenvalue weighted by Gasteiger charge is 2.32. The van der Waals surface area contributed by atoms with Crippen molar-refractivity contribution in [2.75, 3.05) is 25.0 Å². The van der Waals surface area contributed by atoms with Gasteiger partial charge in [0, 0.05) is 25.8 Å². The Balaban J connectivity index is 1.44. The van der Waals surface area contributed by atoms with Gasteiger partial charge in [-0.15, -0.1) is 0 Å². The molecule has 2 N–H and O–H groups in total. The SMILES string of the molecule is O=C(Nc1ccccn1)[C@H](CN1CC(O)C1)Oc1ncnc2c1cnn2-c1ccccc1Cl. The number of fused-ring (bicyclic) bond motifs is 1. The molecule has 1 atom stereocenters. The molecule has 1 aromatic carbocycles. The number of likely N-dealkylation sites (tertiary alicyclic amines) is 1. The molecular weight excluding hydrogens is 446 g/mol. The Morgan fingerprint density at radius 1 is 1.18 bits per heavy atom. The van der Waals surface area contributed by atoms with Crippen molar-refractivity contribution in [2.24, 2.45) is 0 Å². The van der Waals surface area contributed by atoms with Gasteiger partial charge >= 0.3 is 0 Å². The molecule has 1 saturated heterocycles. The van der Waals surface area contributed by atoms with Crippen LogP contribution in [-0.4, -0.2) is 72.5 Å². The number of β-amino-alcohol motifs (C(OH)–C–C–N with tert-alkyl or cyclic N) is 1. The van der Waals surface area contributed by atoms with E-state index in [0.717, 1.165) is 0 Å². The molecule has 1 aliphatic rings. The number of para-hydroxylation sites is 1. The minimum Gasteiger partial charge on any atom is -0.462 e. The molecule has 0 spiro atoms. The number of nitrogens with one attached hydrogen (secondary N) is 1. The lowest BCUT2D eigenvalue weighted by molar-refractivity contribution is -0.125. The van der Waals surface area contributed by atoms with Gasteiger partial charge in [-0.2, -0.15) is 5.10 Å². The number of rotatable bonds is 7. The molecule has 0 saturated carbocycles. The summed E-state index contributed by atoms with van der Waals surface area (Å²) in [5.41, 5.74) is 1.16. The molecule has 5 rings (SSSR count). The summed E-state index contributed by atoms with van der Waals surface area (Å²) in [4.78, 5) is 27.7. The first-order valence-electron chi connectivity index (χ1n) is 10.3. The molecule has 1 fully saturated rings. The summed E-state index contributed by atoms with van der Waals surface area (Å²) < 4.78 is 7.68. The first-order chi connectivity index (χ1) is 16.1. The summed E-state index contributed by atoms with van der Waals surface area (Å²) in [7, 11) is 0. The highest BCUT2D eigenvalue weighted by molar-refractivity contribution is 6.32. The third kappa shape index (κ3) is 4.49. The van der Waals surface area contributed by atoms with E-state index in [1.165, 1.54) is 6.33 Å². The summed E-state index contributed by atoms with van der Waals surface area (Å²) >= 11 is 6.33. The quantitative estimate of drug-likeness (QED) is 0.425. The molecule has 1 aliphatic heterocycles. The second kappa shape index (κ2) is 9.10. The molecule has 10 nitrogen and oxygen atoms in total. The largest absolute Gasteiger partial charge is 0.462 e. The Labute approximate surface area is 193 Å². The van der Waals surface area contributed by atoms with Gasteiger partial charge in [0.15, 0.2) is 11.8 Å². The van der Waals surface area contributed by atoms with E-state index in [1.54, 1.807) is 41.3 Å². The van der Waals surface area contributed by atoms with Gasteiger partial charge in [-0.3, -0.25) is 9.69 Å². The Morgan fingerprint density at radius 2 is 2.00 bits per heavy atom. The monoisotopic (exact) mass is 465 g/mol. The number of anilines is 1. The highest BCUT2D eigenvalue weighted by atomic mass is 35.5. The van der Waals surface area contributed by atoms with Crippen molar-refractivity contribution in [3.8, 4) is 11.6 Å². The maximum atomic E-state index is 13.0. The first-order valence-corrected chi connectivity index (χ1v) is 10.7. The molecule has 4 aromatic rings. The van der Waals surface area contributed by atoms with E-state index in [0.29, 0.717) is 40.7 Å². The van der Waals surface area contributed by atoms with Crippen LogP contribution in [0.5, 0.6) is 5.88 Å². The predicted molar refractivity (Wildman–Crippen MR) is 121 cm³/mol. The van der Waals surface area contributed by atoms with Crippen molar-refractivity contribution in [2.45, 2.75) is 12.2 Å². The van der Waals surface area contributed by atoms with Crippen molar-refractivity contribution < 1.29 is 14.6 Å². The van der Waals surface area contributed by atoms with Gasteiger partial charge in [-0.05, 0) is 24.3 Å². The number of hydrogen-bond acceptors (Lipinski definition) is 8. The minimum atomic E-state index is -0.902. The molecule has 0 aliphatic carbocycles. The van der Waals surface area contributed by atoms with Gasteiger partial charge in [0.1, 0.15) is 17.5 Å². The van der Waals surface area contributed by atoms with Gasteiger partial charge in [0.05, 0.1) is 23.0 Å². The molecule has 0 bridgehead atoms. The number of halogens is 1. The second-order valence-corrected chi connectivity index (χ2v) is 8.01. The summed E-state index contributed by atoms with van der Waals surface area (Å²) in [6.45, 7) is 1.22. The van der Waals surface area contributed by atoms with Crippen LogP contribution in [0.1, 0.15) is 0 Å². The molecule has 0 unspecified atom stereocenters. The summed E-state index contributed by atoms with van der Waals surface area (Å²) in [6, 6.07) is 12.5. The van der Waals surface area contributed by atoms with Gasteiger partial charge < -0.3 is 15.2 Å². The first kappa shape index (κ1) is 21.3. The number of aliphatic hydroxyl groups is 1. The smallest absolute Gasteiger partial charge is 0.268 e. The van der Waals surface area contributed by atoms with Gasteiger partial charge in [0.2, 0.25) is 5.88 Å². The Hall–Kier alpha value is -3.60. The van der Waals surface area contributed by atoms with Gasteiger partial charge in [-0.1, -0.05) is 29.8 Å². The van der Waals surface area contributed by atoms with E-state index in [-0.39, 0.29) is 18.3 Å². The van der Waals surface area contributed by atoms with E-state index >= 15 is 0 Å². The van der Waals surface area contributed by atoms with Crippen molar-refractivity contribution in [1.29, 1.82) is 0 Å². The number of carbonyl (C=O) groups is 1. The number of nitrogens with zero attached hydrogens (tertiary/aromatic N) is 6. The highest BCUT2D eigenvalue weighted by Crippen LogP contribution is 2.27. The fourth-order valence-electron chi connectivity index (χ4n) is 3.59. The van der Waals surface area contributed by atoms with Crippen LogP contribution in [0.15, 0.2) is 61.2 Å². The van der Waals surface area contributed by atoms with Crippen LogP contribution in [0.25, 0.3) is 16.7 Å². The number of pyridine rings is 1. The molecule has 168 valence electrons. The predicted octanol–water partition coefficient (Wildman–Crippen LogP) is 1.93. The van der Waals surface area contributed by atoms with Crippen LogP contribution in [0.4, 0.5) is 5.82 Å². The summed E-state index contributed by atoms with van der Waals surface area (Å²) in [5.74, 6) is 0.264. The van der Waals surface area contributed by atoms with Crippen LogP contribution in [0.3, 0.4) is 0 Å². The molecular formula is C22H20ClN7O3. The topological polar surface area (TPSA) is 118 Å². The fourth-order valence-corrected chi connectivity index (χ4v) is 3.81. The van der Waals surface area contributed by atoms with Crippen LogP contribution < -0.4 is 10.1 Å². The number of hydrogen-bond donors (Lipinski definition) is 2. The molecule has 33 heavy (non-hydrogen) atoms. The lowest BCUT2D eigenvalue weighted by atomic mass is 10.1. The molecule has 3 aromatic heterocycles. The van der Waals surface area contributed by atoms with Crippen molar-refractivity contribution in [3.05, 3.63) is 66.2 Å². The fraction of sp³-hybridized carbons (Fsp3) is 0.227. The average Bonchev–Trinajstić information content (AvgIpc) is 3.23. The Bertz CT molecular complexity index is 1280. The van der Waals surface area contributed by atoms with Gasteiger partial charge in [-0.25, -0.2) is 19.6 Å². The zero-order valence-electron chi connectivity index (χ0n) is 17.4. The van der Waals surface area contributed by atoms with Crippen LogP contribution in [-0.2, 0) is 4.79 Å². The summed E-state index contributed by atoms with van der Waals surface area (Å²) in [5, 5.41) is 17.9. The van der Waals surface area contributed by atoms with Crippen LogP contribution >= 0.6 is 11.6 Å². The Kier molecular flexibility index (Phi) is 5.86. The molecule has 1 amide bonds. The molecule has 0 radical (unpaired) electrons. The van der Waals surface area contributed by atoms with Crippen LogP contribution in [0, 0.1) is 0 Å². The third-order valence-electron chi connectivity index (χ3n) is 5.23. The average molecular weight is 466 g/mol. The Morgan fingerprint density at radius 3 is 2.76 bits per heavy atom. The normalized spacial score (nSPS) is 15.2. The van der Waals surface area contributed by atoms with E-state index in [2.05, 4.69) is 25.4 Å². The lowest BCUT2D eigenvalue weighted by Crippen LogP contribution is -2.55. The van der Waals surface area contributed by atoms with E-state index in [9.17, 15) is 9.90 Å². The standard InChI is InChI=1S/C22H20ClN7O3/c23-16-5-1-2-6-17(16)30-20-15(9-27-30)22(26-13-25-20)33-18(12-29-10-14(31)11-29)21(32)28-19-7-3-4-8-24-19/h1-9,13-14,18,31H,10-12H2,(H,24,28,32)/t18-/m0/s1. The third-order valence-corrected chi connectivity index (χ3v) is 5.55. The van der Waals surface area contributed by atoms with Crippen molar-refractivity contribution in [3.63, 3.8) is 0 Å². The molecule has 4 heterocycles. The van der Waals surface area contributed by atoms with E-state index < -0.39 is 12.2 Å². The minimum absolute atomic E-state index is 0.223. The van der Waals surface area contributed by atoms with Crippen molar-refractivity contribution >= 4 is 34.4 Å². The lowest BCUT2D eigenvalue weighted by Gasteiger charge is -2.37. The number of amides is 1. The van der Waals surface area contributed by atoms with E-state index in [1.807, 2.05) is 23.1 Å². The summed E-state index contributed by atoms with van der Waals surface area (Å²) in [6.07, 6.45) is 3.22. The molecule has 11 heteroatoms. The number of carbonyl (C=O) groups excluding carboxylic acids is 1. The van der Waals surface area contributed by atoms with Crippen molar-refractivity contribution in [1.82, 2.24) is 29.6 Å². The van der Waals surface area contributed by atoms with E-state index in [4.69, 9.17) is 16.3 Å². The number of ether oxygens (including phenoxy) is 1. The van der Waals surface area contributed by atoms with Crippen LogP contribution in [0.2, 0.25) is 5.02 Å². The second-order valence-electron chi connectivity index (χ2n) is 7.61. The maximum Gasteiger partial charge on any atom is 0.268 e. The zero-order valence-corrected chi connectivity index (χ0v) is 18.1. The van der Waals surface area contributed by atoms with Gasteiger partial charge in [0.25, 0.3) is 5.91 Å². The maximum absolute atomic E-state index is 13.0. The number of aromatic nitrogens is 5.